The number of ketones is 1. The third kappa shape index (κ3) is 2.03. The topological polar surface area (TPSA) is 66.0 Å². The second kappa shape index (κ2) is 3.95. The van der Waals surface area contributed by atoms with Crippen LogP contribution >= 0.6 is 0 Å². The molecule has 1 aromatic heterocycles. The van der Waals surface area contributed by atoms with Gasteiger partial charge in [-0.1, -0.05) is 26.0 Å². The van der Waals surface area contributed by atoms with Gasteiger partial charge in [-0.3, -0.25) is 4.79 Å². The number of phenols is 1. The number of fused-ring (bicyclic) bond motifs is 1. The van der Waals surface area contributed by atoms with E-state index < -0.39 is 0 Å². The lowest BCUT2D eigenvalue weighted by Crippen LogP contribution is -2.26. The Bertz CT molecular complexity index is 656. The molecule has 0 spiro atoms. The molecule has 1 heterocycles. The van der Waals surface area contributed by atoms with Crippen LogP contribution in [0.4, 0.5) is 0 Å². The van der Waals surface area contributed by atoms with Crippen LogP contribution < -0.4 is 0 Å². The van der Waals surface area contributed by atoms with Crippen LogP contribution in [0.25, 0.3) is 11.4 Å². The van der Waals surface area contributed by atoms with Crippen molar-refractivity contribution in [1.82, 2.24) is 9.97 Å². The molecular formula is C15H16N2O2. The molecule has 4 heteroatoms. The molecule has 1 aliphatic carbocycles. The minimum atomic E-state index is -0.0351. The number of aromatic amines is 1. The summed E-state index contributed by atoms with van der Waals surface area (Å²) >= 11 is 0. The molecule has 0 saturated heterocycles. The molecule has 0 aliphatic heterocycles. The lowest BCUT2D eigenvalue weighted by molar-refractivity contribution is 0.0906. The minimum Gasteiger partial charge on any atom is -0.507 e. The Balaban J connectivity index is 2.09. The predicted octanol–water partition coefficient (Wildman–Crippen LogP) is 2.94. The number of Topliss-reactive ketones (excluding diaryl/α,β-unsaturated/α-hetero) is 1. The molecule has 2 N–H and O–H groups in total. The Labute approximate surface area is 111 Å². The zero-order chi connectivity index (χ0) is 13.6. The van der Waals surface area contributed by atoms with E-state index in [4.69, 9.17) is 0 Å². The molecule has 1 aromatic carbocycles. The van der Waals surface area contributed by atoms with Gasteiger partial charge in [0, 0.05) is 12.1 Å². The Morgan fingerprint density at radius 3 is 2.74 bits per heavy atom. The fourth-order valence-electron chi connectivity index (χ4n) is 2.63. The number of aromatic hydroxyl groups is 1. The molecular weight excluding hydrogens is 240 g/mol. The van der Waals surface area contributed by atoms with E-state index >= 15 is 0 Å². The number of carbonyl (C=O) groups is 1. The first-order chi connectivity index (χ1) is 8.96. The molecule has 0 radical (unpaired) electrons. The number of rotatable bonds is 1. The molecule has 0 saturated carbocycles. The van der Waals surface area contributed by atoms with Crippen molar-refractivity contribution in [3.05, 3.63) is 35.7 Å². The first-order valence-corrected chi connectivity index (χ1v) is 6.37. The van der Waals surface area contributed by atoms with E-state index in [0.29, 0.717) is 23.5 Å². The van der Waals surface area contributed by atoms with Gasteiger partial charge in [-0.15, -0.1) is 0 Å². The first-order valence-electron chi connectivity index (χ1n) is 6.37. The number of hydrogen-bond acceptors (Lipinski definition) is 3. The monoisotopic (exact) mass is 256 g/mol. The van der Waals surface area contributed by atoms with E-state index in [1.54, 1.807) is 18.2 Å². The van der Waals surface area contributed by atoms with E-state index in [1.807, 2.05) is 6.07 Å². The zero-order valence-electron chi connectivity index (χ0n) is 11.0. The maximum Gasteiger partial charge on any atom is 0.183 e. The van der Waals surface area contributed by atoms with Crippen LogP contribution in [-0.2, 0) is 6.42 Å². The number of nitrogens with zero attached hydrogens (tertiary/aromatic N) is 1. The maximum absolute atomic E-state index is 12.1. The molecule has 4 nitrogen and oxygen atoms in total. The number of para-hydroxylation sites is 1. The molecule has 0 unspecified atom stereocenters. The lowest BCUT2D eigenvalue weighted by atomic mass is 9.77. The summed E-state index contributed by atoms with van der Waals surface area (Å²) in [4.78, 5) is 19.6. The minimum absolute atomic E-state index is 0.0351. The van der Waals surface area contributed by atoms with Crippen LogP contribution in [0.15, 0.2) is 24.3 Å². The Hall–Kier alpha value is -2.10. The summed E-state index contributed by atoms with van der Waals surface area (Å²) in [6.45, 7) is 4.16. The van der Waals surface area contributed by atoms with Gasteiger partial charge >= 0.3 is 0 Å². The third-order valence-corrected chi connectivity index (χ3v) is 3.50. The van der Waals surface area contributed by atoms with Crippen molar-refractivity contribution in [3.63, 3.8) is 0 Å². The van der Waals surface area contributed by atoms with Gasteiger partial charge in [0.25, 0.3) is 0 Å². The van der Waals surface area contributed by atoms with Crippen molar-refractivity contribution < 1.29 is 9.90 Å². The summed E-state index contributed by atoms with van der Waals surface area (Å²) in [7, 11) is 0. The molecule has 0 fully saturated rings. The summed E-state index contributed by atoms with van der Waals surface area (Å²) in [5.74, 6) is 0.804. The van der Waals surface area contributed by atoms with E-state index in [0.717, 1.165) is 12.1 Å². The highest BCUT2D eigenvalue weighted by atomic mass is 16.3. The Morgan fingerprint density at radius 2 is 2.00 bits per heavy atom. The van der Waals surface area contributed by atoms with Crippen molar-refractivity contribution in [2.24, 2.45) is 5.41 Å². The second-order valence-corrected chi connectivity index (χ2v) is 5.87. The Kier molecular flexibility index (Phi) is 2.49. The number of benzene rings is 1. The summed E-state index contributed by atoms with van der Waals surface area (Å²) < 4.78 is 0. The molecule has 0 atom stereocenters. The highest BCUT2D eigenvalue weighted by Gasteiger charge is 2.33. The van der Waals surface area contributed by atoms with Crippen molar-refractivity contribution >= 4 is 5.78 Å². The third-order valence-electron chi connectivity index (χ3n) is 3.50. The van der Waals surface area contributed by atoms with Crippen molar-refractivity contribution in [1.29, 1.82) is 0 Å². The predicted molar refractivity (Wildman–Crippen MR) is 72.1 cm³/mol. The maximum atomic E-state index is 12.1. The van der Waals surface area contributed by atoms with E-state index in [-0.39, 0.29) is 16.9 Å². The average molecular weight is 256 g/mol. The summed E-state index contributed by atoms with van der Waals surface area (Å²) in [6, 6.07) is 7.00. The molecule has 0 amide bonds. The van der Waals surface area contributed by atoms with Gasteiger partial charge in [0.05, 0.1) is 5.56 Å². The van der Waals surface area contributed by atoms with Crippen LogP contribution in [0.2, 0.25) is 0 Å². The summed E-state index contributed by atoms with van der Waals surface area (Å²) in [5.41, 5.74) is 1.99. The number of nitrogens with one attached hydrogen (secondary N) is 1. The van der Waals surface area contributed by atoms with E-state index in [9.17, 15) is 9.90 Å². The second-order valence-electron chi connectivity index (χ2n) is 5.87. The number of phenolic OH excluding ortho intramolecular Hbond substituents is 1. The lowest BCUT2D eigenvalue weighted by Gasteiger charge is -2.27. The normalized spacial score (nSPS) is 17.3. The van der Waals surface area contributed by atoms with Crippen LogP contribution in [-0.4, -0.2) is 20.9 Å². The molecule has 2 aromatic rings. The van der Waals surface area contributed by atoms with Crippen molar-refractivity contribution in [3.8, 4) is 17.1 Å². The van der Waals surface area contributed by atoms with Crippen molar-refractivity contribution in [2.45, 2.75) is 26.7 Å². The summed E-state index contributed by atoms with van der Waals surface area (Å²) in [6.07, 6.45) is 1.32. The van der Waals surface area contributed by atoms with Crippen LogP contribution in [0.5, 0.6) is 5.75 Å². The van der Waals surface area contributed by atoms with Crippen LogP contribution in [0, 0.1) is 5.41 Å². The van der Waals surface area contributed by atoms with Gasteiger partial charge in [0.1, 0.15) is 17.3 Å². The van der Waals surface area contributed by atoms with Gasteiger partial charge in [0.2, 0.25) is 0 Å². The highest BCUT2D eigenvalue weighted by Crippen LogP contribution is 2.36. The van der Waals surface area contributed by atoms with Gasteiger partial charge in [-0.2, -0.15) is 0 Å². The van der Waals surface area contributed by atoms with Gasteiger partial charge in [-0.25, -0.2) is 4.98 Å². The number of carbonyl (C=O) groups excluding carboxylic acids is 1. The Morgan fingerprint density at radius 1 is 1.26 bits per heavy atom. The van der Waals surface area contributed by atoms with Gasteiger partial charge in [-0.05, 0) is 24.0 Å². The SMILES string of the molecule is CC1(C)CC(=O)c2nc(-c3ccccc3O)[nH]c2C1. The smallest absolute Gasteiger partial charge is 0.183 e. The zero-order valence-corrected chi connectivity index (χ0v) is 11.0. The standard InChI is InChI=1S/C15H16N2O2/c1-15(2)7-10-13(12(19)8-15)17-14(16-10)9-5-3-4-6-11(9)18/h3-6,18H,7-8H2,1-2H3,(H,16,17). The van der Waals surface area contributed by atoms with Gasteiger partial charge < -0.3 is 10.1 Å². The van der Waals surface area contributed by atoms with Crippen LogP contribution in [0.1, 0.15) is 36.5 Å². The highest BCUT2D eigenvalue weighted by molar-refractivity contribution is 5.97. The largest absolute Gasteiger partial charge is 0.507 e. The fraction of sp³-hybridized carbons (Fsp3) is 0.333. The first kappa shape index (κ1) is 12.0. The number of hydrogen-bond donors (Lipinski definition) is 2. The molecule has 19 heavy (non-hydrogen) atoms. The summed E-state index contributed by atoms with van der Waals surface area (Å²) in [5, 5.41) is 9.85. The quantitative estimate of drug-likeness (QED) is 0.824. The molecule has 1 aliphatic rings. The molecule has 98 valence electrons. The van der Waals surface area contributed by atoms with Crippen molar-refractivity contribution in [2.75, 3.05) is 0 Å². The fourth-order valence-corrected chi connectivity index (χ4v) is 2.63. The van der Waals surface area contributed by atoms with E-state index in [1.165, 1.54) is 0 Å². The number of H-pyrrole nitrogens is 1. The molecule has 0 bridgehead atoms. The average Bonchev–Trinajstić information content (AvgIpc) is 2.71. The van der Waals surface area contributed by atoms with Gasteiger partial charge in [0.15, 0.2) is 5.78 Å². The number of imidazole rings is 1. The molecule has 3 rings (SSSR count). The number of aromatic nitrogens is 2. The van der Waals surface area contributed by atoms with Crippen LogP contribution in [0.3, 0.4) is 0 Å². The van der Waals surface area contributed by atoms with E-state index in [2.05, 4.69) is 23.8 Å².